The largest absolute Gasteiger partial charge is 0.320 e. The molecule has 1 N–H and O–H groups in total. The van der Waals surface area contributed by atoms with Gasteiger partial charge in [-0.15, -0.1) is 0 Å². The molecule has 1 atom stereocenters. The van der Waals surface area contributed by atoms with Crippen LogP contribution >= 0.6 is 0 Å². The minimum Gasteiger partial charge on any atom is -0.320 e. The molecule has 0 rings (SSSR count). The van der Waals surface area contributed by atoms with Gasteiger partial charge in [0.15, 0.2) is 0 Å². The number of rotatable bonds is 7. The van der Waals surface area contributed by atoms with Crippen LogP contribution in [0.1, 0.15) is 39.5 Å². The van der Waals surface area contributed by atoms with E-state index in [1.807, 2.05) is 20.9 Å². The molecule has 0 aliphatic heterocycles. The van der Waals surface area contributed by atoms with Gasteiger partial charge in [0.25, 0.3) is 0 Å². The van der Waals surface area contributed by atoms with Crippen molar-refractivity contribution in [1.82, 2.24) is 5.32 Å². The zero-order valence-corrected chi connectivity index (χ0v) is 8.52. The fourth-order valence-corrected chi connectivity index (χ4v) is 1.26. The number of ketones is 1. The summed E-state index contributed by atoms with van der Waals surface area (Å²) in [4.78, 5) is 11.2. The molecule has 0 aliphatic rings. The number of carbonyl (C=O) groups excluding carboxylic acids is 1. The summed E-state index contributed by atoms with van der Waals surface area (Å²) in [7, 11) is 1.96. The van der Waals surface area contributed by atoms with Gasteiger partial charge in [0.2, 0.25) is 0 Å². The van der Waals surface area contributed by atoms with Crippen LogP contribution in [0.25, 0.3) is 0 Å². The van der Waals surface area contributed by atoms with E-state index in [-0.39, 0.29) is 5.92 Å². The first-order valence-corrected chi connectivity index (χ1v) is 4.89. The highest BCUT2D eigenvalue weighted by Crippen LogP contribution is 2.09. The van der Waals surface area contributed by atoms with Crippen LogP contribution in [0.5, 0.6) is 0 Å². The predicted molar refractivity (Wildman–Crippen MR) is 52.2 cm³/mol. The molecule has 0 spiro atoms. The summed E-state index contributed by atoms with van der Waals surface area (Å²) in [5.41, 5.74) is 0. The van der Waals surface area contributed by atoms with Crippen molar-refractivity contribution in [1.29, 1.82) is 0 Å². The molecule has 2 nitrogen and oxygen atoms in total. The predicted octanol–water partition coefficient (Wildman–Crippen LogP) is 1.99. The minimum absolute atomic E-state index is 0.270. The number of unbranched alkanes of at least 4 members (excludes halogenated alkanes) is 1. The molecule has 0 saturated heterocycles. The van der Waals surface area contributed by atoms with Gasteiger partial charge in [-0.3, -0.25) is 4.79 Å². The maximum absolute atomic E-state index is 11.2. The Hall–Kier alpha value is -0.370. The van der Waals surface area contributed by atoms with E-state index in [0.29, 0.717) is 12.2 Å². The van der Waals surface area contributed by atoms with Crippen molar-refractivity contribution in [2.24, 2.45) is 5.92 Å². The van der Waals surface area contributed by atoms with Gasteiger partial charge in [-0.1, -0.05) is 20.3 Å². The zero-order chi connectivity index (χ0) is 9.40. The van der Waals surface area contributed by atoms with Gasteiger partial charge in [0.05, 0.1) is 0 Å². The molecule has 0 amide bonds. The summed E-state index contributed by atoms with van der Waals surface area (Å²) in [6.07, 6.45) is 4.08. The fourth-order valence-electron chi connectivity index (χ4n) is 1.26. The Labute approximate surface area is 75.7 Å². The molecule has 0 radical (unpaired) electrons. The lowest BCUT2D eigenvalue weighted by Gasteiger charge is -2.07. The summed E-state index contributed by atoms with van der Waals surface area (Å²) in [6, 6.07) is 0. The van der Waals surface area contributed by atoms with Crippen molar-refractivity contribution in [3.05, 3.63) is 0 Å². The van der Waals surface area contributed by atoms with Crippen LogP contribution in [0.3, 0.4) is 0 Å². The Bertz CT molecular complexity index is 123. The summed E-state index contributed by atoms with van der Waals surface area (Å²) < 4.78 is 0. The Morgan fingerprint density at radius 1 is 1.42 bits per heavy atom. The first-order chi connectivity index (χ1) is 5.72. The van der Waals surface area contributed by atoms with Crippen LogP contribution in [0, 0.1) is 5.92 Å². The molecule has 2 heteroatoms. The van der Waals surface area contributed by atoms with E-state index in [1.165, 1.54) is 6.42 Å². The van der Waals surface area contributed by atoms with Crippen molar-refractivity contribution in [3.63, 3.8) is 0 Å². The highest BCUT2D eigenvalue weighted by Gasteiger charge is 2.08. The lowest BCUT2D eigenvalue weighted by atomic mass is 9.98. The molecule has 0 bridgehead atoms. The van der Waals surface area contributed by atoms with Crippen LogP contribution in [0.4, 0.5) is 0 Å². The number of nitrogens with one attached hydrogen (secondary N) is 1. The molecule has 0 aliphatic carbocycles. The summed E-state index contributed by atoms with van der Waals surface area (Å²) in [5, 5.41) is 3.10. The van der Waals surface area contributed by atoms with E-state index < -0.39 is 0 Å². The Morgan fingerprint density at radius 3 is 2.58 bits per heavy atom. The van der Waals surface area contributed by atoms with Gasteiger partial charge < -0.3 is 5.32 Å². The number of hydrogen-bond acceptors (Lipinski definition) is 2. The third kappa shape index (κ3) is 5.30. The average Bonchev–Trinajstić information content (AvgIpc) is 2.10. The Kier molecular flexibility index (Phi) is 7.06. The molecule has 0 heterocycles. The van der Waals surface area contributed by atoms with E-state index in [9.17, 15) is 4.79 Å². The van der Waals surface area contributed by atoms with Crippen molar-refractivity contribution >= 4 is 5.78 Å². The van der Waals surface area contributed by atoms with Gasteiger partial charge >= 0.3 is 0 Å². The molecule has 0 unspecified atom stereocenters. The lowest BCUT2D eigenvalue weighted by molar-refractivity contribution is -0.122. The van der Waals surface area contributed by atoms with Gasteiger partial charge in [-0.25, -0.2) is 0 Å². The maximum Gasteiger partial charge on any atom is 0.135 e. The zero-order valence-electron chi connectivity index (χ0n) is 8.52. The van der Waals surface area contributed by atoms with Crippen molar-refractivity contribution < 1.29 is 4.79 Å². The second-order valence-electron chi connectivity index (χ2n) is 3.32. The second kappa shape index (κ2) is 7.29. The van der Waals surface area contributed by atoms with E-state index in [2.05, 4.69) is 5.32 Å². The number of hydrogen-bond donors (Lipinski definition) is 1. The molecular weight excluding hydrogens is 150 g/mol. The van der Waals surface area contributed by atoms with Crippen molar-refractivity contribution in [3.8, 4) is 0 Å². The first kappa shape index (κ1) is 11.6. The van der Waals surface area contributed by atoms with Crippen LogP contribution in [0.15, 0.2) is 0 Å². The topological polar surface area (TPSA) is 29.1 Å². The fraction of sp³-hybridized carbons (Fsp3) is 0.900. The monoisotopic (exact) mass is 171 g/mol. The smallest absolute Gasteiger partial charge is 0.135 e. The Morgan fingerprint density at radius 2 is 2.08 bits per heavy atom. The van der Waals surface area contributed by atoms with Gasteiger partial charge in [-0.2, -0.15) is 0 Å². The van der Waals surface area contributed by atoms with Crippen LogP contribution < -0.4 is 5.32 Å². The summed E-state index contributed by atoms with van der Waals surface area (Å²) >= 11 is 0. The number of carbonyl (C=O) groups is 1. The SMILES string of the molecule is CCC(=O)[C@@H](C)CCCCNC. The molecule has 0 saturated carbocycles. The molecule has 0 fully saturated rings. The minimum atomic E-state index is 0.270. The standard InChI is InChI=1S/C10H21NO/c1-4-10(12)9(2)7-5-6-8-11-3/h9,11H,4-8H2,1-3H3/t9-/m0/s1. The second-order valence-corrected chi connectivity index (χ2v) is 3.32. The van der Waals surface area contributed by atoms with Crippen molar-refractivity contribution in [2.45, 2.75) is 39.5 Å². The van der Waals surface area contributed by atoms with E-state index in [1.54, 1.807) is 0 Å². The first-order valence-electron chi connectivity index (χ1n) is 4.89. The van der Waals surface area contributed by atoms with Crippen LogP contribution in [0.2, 0.25) is 0 Å². The summed E-state index contributed by atoms with van der Waals surface area (Å²) in [5.74, 6) is 0.673. The normalized spacial score (nSPS) is 12.9. The molecule has 0 aromatic rings. The maximum atomic E-state index is 11.2. The van der Waals surface area contributed by atoms with E-state index in [4.69, 9.17) is 0 Å². The van der Waals surface area contributed by atoms with Crippen LogP contribution in [-0.2, 0) is 4.79 Å². The highest BCUT2D eigenvalue weighted by atomic mass is 16.1. The third-order valence-electron chi connectivity index (χ3n) is 2.21. The highest BCUT2D eigenvalue weighted by molar-refractivity contribution is 5.80. The molecular formula is C10H21NO. The number of Topliss-reactive ketones (excluding diaryl/α,β-unsaturated/α-hetero) is 1. The van der Waals surface area contributed by atoms with Crippen molar-refractivity contribution in [2.75, 3.05) is 13.6 Å². The van der Waals surface area contributed by atoms with Gasteiger partial charge in [0.1, 0.15) is 5.78 Å². The summed E-state index contributed by atoms with van der Waals surface area (Å²) in [6.45, 7) is 5.03. The van der Waals surface area contributed by atoms with Gasteiger partial charge in [-0.05, 0) is 26.4 Å². The molecule has 12 heavy (non-hydrogen) atoms. The van der Waals surface area contributed by atoms with E-state index in [0.717, 1.165) is 19.4 Å². The third-order valence-corrected chi connectivity index (χ3v) is 2.21. The average molecular weight is 171 g/mol. The molecule has 72 valence electrons. The van der Waals surface area contributed by atoms with Crippen LogP contribution in [-0.4, -0.2) is 19.4 Å². The molecule has 0 aromatic carbocycles. The molecule has 0 aromatic heterocycles. The van der Waals surface area contributed by atoms with E-state index >= 15 is 0 Å². The quantitative estimate of drug-likeness (QED) is 0.593. The Balaban J connectivity index is 3.31. The lowest BCUT2D eigenvalue weighted by Crippen LogP contribution is -2.11. The van der Waals surface area contributed by atoms with Gasteiger partial charge in [0, 0.05) is 12.3 Å².